The van der Waals surface area contributed by atoms with Crippen molar-refractivity contribution in [2.75, 3.05) is 6.54 Å². The van der Waals surface area contributed by atoms with Crippen molar-refractivity contribution in [2.45, 2.75) is 13.3 Å². The van der Waals surface area contributed by atoms with E-state index in [-0.39, 0.29) is 5.82 Å². The molecule has 0 aliphatic heterocycles. The van der Waals surface area contributed by atoms with E-state index in [1.807, 2.05) is 19.1 Å². The Morgan fingerprint density at radius 1 is 1.57 bits per heavy atom. The van der Waals surface area contributed by atoms with E-state index >= 15 is 0 Å². The fourth-order valence-electron chi connectivity index (χ4n) is 1.14. The van der Waals surface area contributed by atoms with E-state index in [9.17, 15) is 4.39 Å². The molecule has 0 saturated heterocycles. The molecule has 0 heterocycles. The van der Waals surface area contributed by atoms with Crippen LogP contribution in [0.15, 0.2) is 28.2 Å². The van der Waals surface area contributed by atoms with Gasteiger partial charge in [-0.15, -0.1) is 0 Å². The van der Waals surface area contributed by atoms with Crippen LogP contribution in [0.2, 0.25) is 0 Å². The maximum absolute atomic E-state index is 13.4. The van der Waals surface area contributed by atoms with Crippen molar-refractivity contribution in [3.8, 4) is 0 Å². The summed E-state index contributed by atoms with van der Waals surface area (Å²) >= 11 is 3.21. The zero-order chi connectivity index (χ0) is 10.6. The van der Waals surface area contributed by atoms with Crippen LogP contribution in [0.3, 0.4) is 0 Å². The average Bonchev–Trinajstić information content (AvgIpc) is 2.17. The van der Waals surface area contributed by atoms with Crippen LogP contribution in [0.1, 0.15) is 18.9 Å². The van der Waals surface area contributed by atoms with Gasteiger partial charge < -0.3 is 5.73 Å². The summed E-state index contributed by atoms with van der Waals surface area (Å²) in [5.74, 6) is -0.223. The van der Waals surface area contributed by atoms with Crippen LogP contribution in [0.25, 0.3) is 6.08 Å². The molecule has 0 spiro atoms. The molecule has 0 aromatic heterocycles. The van der Waals surface area contributed by atoms with Gasteiger partial charge in [-0.25, -0.2) is 4.39 Å². The van der Waals surface area contributed by atoms with Gasteiger partial charge in [0.25, 0.3) is 0 Å². The molecule has 76 valence electrons. The first kappa shape index (κ1) is 11.4. The molecular weight excluding hydrogens is 245 g/mol. The minimum Gasteiger partial charge on any atom is -0.327 e. The first-order valence-electron chi connectivity index (χ1n) is 4.52. The highest BCUT2D eigenvalue weighted by atomic mass is 79.9. The van der Waals surface area contributed by atoms with Crippen LogP contribution in [0.5, 0.6) is 0 Å². The Balaban J connectivity index is 3.02. The fraction of sp³-hybridized carbons (Fsp3) is 0.273. The van der Waals surface area contributed by atoms with Crippen LogP contribution in [-0.4, -0.2) is 6.54 Å². The molecule has 0 unspecified atom stereocenters. The van der Waals surface area contributed by atoms with E-state index in [0.717, 1.165) is 16.5 Å². The standard InChI is InChI=1S/C11H13BrFN/c1-2-8(7-14)5-9-3-4-10(12)6-11(9)13/h3-6H,2,7,14H2,1H3. The highest BCUT2D eigenvalue weighted by Crippen LogP contribution is 2.18. The van der Waals surface area contributed by atoms with Crippen LogP contribution in [0.4, 0.5) is 4.39 Å². The Kier molecular flexibility index (Phi) is 4.29. The molecule has 0 aliphatic carbocycles. The number of halogens is 2. The molecule has 1 rings (SSSR count). The normalized spacial score (nSPS) is 11.9. The predicted octanol–water partition coefficient (Wildman–Crippen LogP) is 3.34. The second-order valence-corrected chi connectivity index (χ2v) is 3.94. The van der Waals surface area contributed by atoms with Gasteiger partial charge >= 0.3 is 0 Å². The zero-order valence-corrected chi connectivity index (χ0v) is 9.64. The van der Waals surface area contributed by atoms with Gasteiger partial charge in [-0.2, -0.15) is 0 Å². The van der Waals surface area contributed by atoms with Gasteiger partial charge in [0.05, 0.1) is 0 Å². The predicted molar refractivity (Wildman–Crippen MR) is 61.4 cm³/mol. The molecule has 2 N–H and O–H groups in total. The van der Waals surface area contributed by atoms with Crippen molar-refractivity contribution in [2.24, 2.45) is 5.73 Å². The third-order valence-corrected chi connectivity index (χ3v) is 2.53. The number of benzene rings is 1. The summed E-state index contributed by atoms with van der Waals surface area (Å²) in [6.45, 7) is 2.49. The third-order valence-electron chi connectivity index (χ3n) is 2.04. The lowest BCUT2D eigenvalue weighted by Crippen LogP contribution is -2.02. The van der Waals surface area contributed by atoms with Crippen molar-refractivity contribution in [3.63, 3.8) is 0 Å². The highest BCUT2D eigenvalue weighted by Gasteiger charge is 2.00. The summed E-state index contributed by atoms with van der Waals surface area (Å²) in [5, 5.41) is 0. The Morgan fingerprint density at radius 2 is 2.29 bits per heavy atom. The SMILES string of the molecule is CCC(=Cc1ccc(Br)cc1F)CN. The quantitative estimate of drug-likeness (QED) is 0.884. The summed E-state index contributed by atoms with van der Waals surface area (Å²) < 4.78 is 14.1. The van der Waals surface area contributed by atoms with Crippen LogP contribution < -0.4 is 5.73 Å². The topological polar surface area (TPSA) is 26.0 Å². The van der Waals surface area contributed by atoms with Gasteiger partial charge in [0.1, 0.15) is 5.82 Å². The Labute approximate surface area is 91.9 Å². The van der Waals surface area contributed by atoms with Crippen LogP contribution in [-0.2, 0) is 0 Å². The molecule has 1 aromatic carbocycles. The van der Waals surface area contributed by atoms with E-state index in [0.29, 0.717) is 12.1 Å². The smallest absolute Gasteiger partial charge is 0.131 e. The second-order valence-electron chi connectivity index (χ2n) is 3.03. The first-order valence-corrected chi connectivity index (χ1v) is 5.31. The molecule has 1 aromatic rings. The van der Waals surface area contributed by atoms with Crippen molar-refractivity contribution in [1.82, 2.24) is 0 Å². The Morgan fingerprint density at radius 3 is 2.79 bits per heavy atom. The van der Waals surface area contributed by atoms with Gasteiger partial charge in [0.15, 0.2) is 0 Å². The van der Waals surface area contributed by atoms with Gasteiger partial charge in [-0.05, 0) is 18.6 Å². The van der Waals surface area contributed by atoms with Gasteiger partial charge in [0.2, 0.25) is 0 Å². The molecule has 14 heavy (non-hydrogen) atoms. The van der Waals surface area contributed by atoms with Gasteiger partial charge in [-0.3, -0.25) is 0 Å². The molecule has 3 heteroatoms. The van der Waals surface area contributed by atoms with Crippen molar-refractivity contribution in [3.05, 3.63) is 39.6 Å². The lowest BCUT2D eigenvalue weighted by atomic mass is 10.1. The lowest BCUT2D eigenvalue weighted by molar-refractivity contribution is 0.624. The van der Waals surface area contributed by atoms with Crippen LogP contribution >= 0.6 is 15.9 Å². The summed E-state index contributed by atoms with van der Waals surface area (Å²) in [6.07, 6.45) is 2.66. The lowest BCUT2D eigenvalue weighted by Gasteiger charge is -2.02. The first-order chi connectivity index (χ1) is 6.67. The Hall–Kier alpha value is -0.670. The van der Waals surface area contributed by atoms with Crippen molar-refractivity contribution in [1.29, 1.82) is 0 Å². The summed E-state index contributed by atoms with van der Waals surface area (Å²) in [5.41, 5.74) is 7.15. The minimum atomic E-state index is -0.223. The molecular formula is C11H13BrFN. The largest absolute Gasteiger partial charge is 0.327 e. The van der Waals surface area contributed by atoms with E-state index in [2.05, 4.69) is 15.9 Å². The fourth-order valence-corrected chi connectivity index (χ4v) is 1.48. The molecule has 0 fully saturated rings. The molecule has 0 aliphatic rings. The Bertz CT molecular complexity index is 341. The van der Waals surface area contributed by atoms with Gasteiger partial charge in [-0.1, -0.05) is 40.6 Å². The summed E-state index contributed by atoms with van der Waals surface area (Å²) in [4.78, 5) is 0. The highest BCUT2D eigenvalue weighted by molar-refractivity contribution is 9.10. The molecule has 0 radical (unpaired) electrons. The molecule has 0 amide bonds. The zero-order valence-electron chi connectivity index (χ0n) is 8.06. The van der Waals surface area contributed by atoms with Crippen molar-refractivity contribution >= 4 is 22.0 Å². The molecule has 0 atom stereocenters. The maximum Gasteiger partial charge on any atom is 0.131 e. The second kappa shape index (κ2) is 5.27. The number of hydrogen-bond acceptors (Lipinski definition) is 1. The average molecular weight is 258 g/mol. The molecule has 0 bridgehead atoms. The van der Waals surface area contributed by atoms with E-state index < -0.39 is 0 Å². The van der Waals surface area contributed by atoms with E-state index in [1.54, 1.807) is 6.07 Å². The van der Waals surface area contributed by atoms with Gasteiger partial charge in [0, 0.05) is 16.6 Å². The molecule has 0 saturated carbocycles. The summed E-state index contributed by atoms with van der Waals surface area (Å²) in [6, 6.07) is 5.01. The maximum atomic E-state index is 13.4. The third kappa shape index (κ3) is 2.93. The van der Waals surface area contributed by atoms with E-state index in [1.165, 1.54) is 6.07 Å². The monoisotopic (exact) mass is 257 g/mol. The van der Waals surface area contributed by atoms with E-state index in [4.69, 9.17) is 5.73 Å². The van der Waals surface area contributed by atoms with Crippen molar-refractivity contribution < 1.29 is 4.39 Å². The molecule has 1 nitrogen and oxygen atoms in total. The number of rotatable bonds is 3. The minimum absolute atomic E-state index is 0.223. The summed E-state index contributed by atoms with van der Waals surface area (Å²) in [7, 11) is 0. The number of hydrogen-bond donors (Lipinski definition) is 1. The van der Waals surface area contributed by atoms with Crippen LogP contribution in [0, 0.1) is 5.82 Å². The number of nitrogens with two attached hydrogens (primary N) is 1.